The van der Waals surface area contributed by atoms with E-state index in [1.165, 1.54) is 0 Å². The first-order valence-corrected chi connectivity index (χ1v) is 4.80. The highest BCUT2D eigenvalue weighted by molar-refractivity contribution is 4.98. The normalized spacial score (nSPS) is 51.6. The van der Waals surface area contributed by atoms with Crippen LogP contribution in [0.2, 0.25) is 0 Å². The molecule has 1 aliphatic heterocycles. The van der Waals surface area contributed by atoms with Crippen LogP contribution in [0.25, 0.3) is 0 Å². The van der Waals surface area contributed by atoms with Gasteiger partial charge in [-0.05, 0) is 13.8 Å². The Morgan fingerprint density at radius 2 is 1.57 bits per heavy atom. The van der Waals surface area contributed by atoms with Crippen molar-refractivity contribution in [3.63, 3.8) is 0 Å². The molecule has 1 heterocycles. The van der Waals surface area contributed by atoms with Crippen LogP contribution in [-0.4, -0.2) is 51.6 Å². The summed E-state index contributed by atoms with van der Waals surface area (Å²) in [5, 5.41) is 28.7. The van der Waals surface area contributed by atoms with E-state index in [1.807, 2.05) is 0 Å². The highest BCUT2D eigenvalue weighted by Crippen LogP contribution is 2.37. The topological polar surface area (TPSA) is 79.2 Å². The standard InChI is InChI=1S/C9H16O5/c1-9(2)13-7-5(11)3-4(10)6(12)8(7)14-9/h4-8,10-12H,3H2,1-2H3/t4-,5+,6+,7+,8-/m1/s1. The molecule has 5 nitrogen and oxygen atoms in total. The van der Waals surface area contributed by atoms with Gasteiger partial charge in [0.15, 0.2) is 5.79 Å². The predicted octanol–water partition coefficient (Wildman–Crippen LogP) is -1.01. The fraction of sp³-hybridized carbons (Fsp3) is 1.00. The number of hydrogen-bond acceptors (Lipinski definition) is 5. The largest absolute Gasteiger partial charge is 0.390 e. The molecule has 1 saturated carbocycles. The Kier molecular flexibility index (Phi) is 2.32. The van der Waals surface area contributed by atoms with Gasteiger partial charge in [0, 0.05) is 6.42 Å². The van der Waals surface area contributed by atoms with Crippen LogP contribution in [0.5, 0.6) is 0 Å². The van der Waals surface area contributed by atoms with Crippen molar-refractivity contribution in [1.82, 2.24) is 0 Å². The molecule has 82 valence electrons. The summed E-state index contributed by atoms with van der Waals surface area (Å²) in [7, 11) is 0. The second-order valence-electron chi connectivity index (χ2n) is 4.43. The van der Waals surface area contributed by atoms with Gasteiger partial charge < -0.3 is 24.8 Å². The van der Waals surface area contributed by atoms with Crippen LogP contribution in [-0.2, 0) is 9.47 Å². The summed E-state index contributed by atoms with van der Waals surface area (Å²) < 4.78 is 10.9. The van der Waals surface area contributed by atoms with E-state index in [2.05, 4.69) is 0 Å². The molecule has 2 aliphatic rings. The van der Waals surface area contributed by atoms with Crippen LogP contribution >= 0.6 is 0 Å². The van der Waals surface area contributed by atoms with Gasteiger partial charge in [-0.2, -0.15) is 0 Å². The summed E-state index contributed by atoms with van der Waals surface area (Å²) in [6.07, 6.45) is -3.75. The molecule has 0 aromatic carbocycles. The van der Waals surface area contributed by atoms with Gasteiger partial charge in [-0.15, -0.1) is 0 Å². The van der Waals surface area contributed by atoms with Gasteiger partial charge in [0.1, 0.15) is 18.3 Å². The lowest BCUT2D eigenvalue weighted by Crippen LogP contribution is -2.54. The van der Waals surface area contributed by atoms with Crippen LogP contribution in [0.15, 0.2) is 0 Å². The van der Waals surface area contributed by atoms with Gasteiger partial charge in [-0.25, -0.2) is 0 Å². The second-order valence-corrected chi connectivity index (χ2v) is 4.43. The maximum Gasteiger partial charge on any atom is 0.164 e. The summed E-state index contributed by atoms with van der Waals surface area (Å²) in [4.78, 5) is 0. The third-order valence-electron chi connectivity index (χ3n) is 2.76. The number of aliphatic hydroxyl groups excluding tert-OH is 3. The van der Waals surface area contributed by atoms with E-state index in [1.54, 1.807) is 13.8 Å². The van der Waals surface area contributed by atoms with Gasteiger partial charge in [0.05, 0.1) is 12.2 Å². The summed E-state index contributed by atoms with van der Waals surface area (Å²) in [5.74, 6) is -0.804. The molecule has 0 spiro atoms. The molecule has 0 bridgehead atoms. The van der Waals surface area contributed by atoms with Crippen molar-refractivity contribution in [3.8, 4) is 0 Å². The maximum atomic E-state index is 9.63. The lowest BCUT2D eigenvalue weighted by Gasteiger charge is -2.34. The average Bonchev–Trinajstić information content (AvgIpc) is 2.38. The smallest absolute Gasteiger partial charge is 0.164 e. The van der Waals surface area contributed by atoms with Crippen LogP contribution in [0.3, 0.4) is 0 Å². The van der Waals surface area contributed by atoms with Crippen molar-refractivity contribution >= 4 is 0 Å². The van der Waals surface area contributed by atoms with Gasteiger partial charge in [-0.3, -0.25) is 0 Å². The van der Waals surface area contributed by atoms with E-state index in [0.29, 0.717) is 0 Å². The van der Waals surface area contributed by atoms with Crippen LogP contribution in [0.1, 0.15) is 20.3 Å². The van der Waals surface area contributed by atoms with Crippen LogP contribution in [0.4, 0.5) is 0 Å². The summed E-state index contributed by atoms with van der Waals surface area (Å²) in [6, 6.07) is 0. The Hall–Kier alpha value is -0.200. The zero-order chi connectivity index (χ0) is 10.5. The minimum absolute atomic E-state index is 0.127. The molecule has 0 aromatic rings. The lowest BCUT2D eigenvalue weighted by molar-refractivity contribution is -0.159. The first-order chi connectivity index (χ1) is 6.41. The Balaban J connectivity index is 2.18. The van der Waals surface area contributed by atoms with Gasteiger partial charge in [-0.1, -0.05) is 0 Å². The van der Waals surface area contributed by atoms with Crippen molar-refractivity contribution in [1.29, 1.82) is 0 Å². The number of rotatable bonds is 0. The molecule has 2 rings (SSSR count). The van der Waals surface area contributed by atoms with Gasteiger partial charge >= 0.3 is 0 Å². The maximum absolute atomic E-state index is 9.63. The van der Waals surface area contributed by atoms with Crippen molar-refractivity contribution in [2.45, 2.75) is 56.6 Å². The lowest BCUT2D eigenvalue weighted by atomic mass is 9.87. The molecule has 5 atom stereocenters. The number of fused-ring (bicyclic) bond motifs is 1. The molecule has 0 aromatic heterocycles. The Morgan fingerprint density at radius 3 is 2.21 bits per heavy atom. The van der Waals surface area contributed by atoms with Crippen molar-refractivity contribution in [2.24, 2.45) is 0 Å². The van der Waals surface area contributed by atoms with Crippen LogP contribution < -0.4 is 0 Å². The molecular weight excluding hydrogens is 188 g/mol. The Labute approximate surface area is 82.3 Å². The molecule has 5 heteroatoms. The monoisotopic (exact) mass is 204 g/mol. The molecule has 2 fully saturated rings. The minimum atomic E-state index is -0.981. The number of aliphatic hydroxyl groups is 3. The highest BCUT2D eigenvalue weighted by Gasteiger charge is 2.53. The Bertz CT molecular complexity index is 229. The first kappa shape index (κ1) is 10.3. The van der Waals surface area contributed by atoms with Crippen molar-refractivity contribution in [2.75, 3.05) is 0 Å². The molecule has 1 aliphatic carbocycles. The van der Waals surface area contributed by atoms with E-state index < -0.39 is 36.3 Å². The molecule has 0 radical (unpaired) electrons. The fourth-order valence-corrected chi connectivity index (χ4v) is 2.12. The molecule has 0 unspecified atom stereocenters. The molecule has 14 heavy (non-hydrogen) atoms. The number of ether oxygens (including phenoxy) is 2. The predicted molar refractivity (Wildman–Crippen MR) is 46.5 cm³/mol. The van der Waals surface area contributed by atoms with E-state index in [4.69, 9.17) is 9.47 Å². The van der Waals surface area contributed by atoms with E-state index >= 15 is 0 Å². The first-order valence-electron chi connectivity index (χ1n) is 4.80. The van der Waals surface area contributed by atoms with Crippen molar-refractivity contribution in [3.05, 3.63) is 0 Å². The van der Waals surface area contributed by atoms with E-state index in [9.17, 15) is 15.3 Å². The van der Waals surface area contributed by atoms with E-state index in [0.717, 1.165) is 0 Å². The average molecular weight is 204 g/mol. The molecule has 3 N–H and O–H groups in total. The molecular formula is C9H16O5. The van der Waals surface area contributed by atoms with Gasteiger partial charge in [0.25, 0.3) is 0 Å². The van der Waals surface area contributed by atoms with Crippen molar-refractivity contribution < 1.29 is 24.8 Å². The third-order valence-corrected chi connectivity index (χ3v) is 2.76. The summed E-state index contributed by atoms with van der Waals surface area (Å²) in [5.41, 5.74) is 0. The zero-order valence-corrected chi connectivity index (χ0v) is 8.25. The van der Waals surface area contributed by atoms with Gasteiger partial charge in [0.2, 0.25) is 0 Å². The second kappa shape index (κ2) is 3.15. The van der Waals surface area contributed by atoms with Crippen LogP contribution in [0, 0.1) is 0 Å². The Morgan fingerprint density at radius 1 is 1.00 bits per heavy atom. The minimum Gasteiger partial charge on any atom is -0.390 e. The number of hydrogen-bond donors (Lipinski definition) is 3. The zero-order valence-electron chi connectivity index (χ0n) is 8.25. The summed E-state index contributed by atoms with van der Waals surface area (Å²) >= 11 is 0. The quantitative estimate of drug-likeness (QED) is 0.471. The van der Waals surface area contributed by atoms with E-state index in [-0.39, 0.29) is 6.42 Å². The molecule has 0 amide bonds. The molecule has 1 saturated heterocycles. The third kappa shape index (κ3) is 1.55. The summed E-state index contributed by atoms with van der Waals surface area (Å²) in [6.45, 7) is 3.44. The fourth-order valence-electron chi connectivity index (χ4n) is 2.12. The highest BCUT2D eigenvalue weighted by atomic mass is 16.8. The SMILES string of the molecule is CC1(C)O[C@@H]2[C@@H](O)[C@H](O)C[C@H](O)[C@@H]2O1.